The number of alkyl halides is 6. The number of nitrogen functional groups attached to an aromatic ring is 1. The lowest BCUT2D eigenvalue weighted by Gasteiger charge is -2.29. The summed E-state index contributed by atoms with van der Waals surface area (Å²) in [7, 11) is 0. The van der Waals surface area contributed by atoms with Crippen LogP contribution >= 0.6 is 0 Å². The lowest BCUT2D eigenvalue weighted by Crippen LogP contribution is -2.45. The molecule has 7 N–H and O–H groups in total. The van der Waals surface area contributed by atoms with Crippen LogP contribution in [0.1, 0.15) is 32.7 Å². The monoisotopic (exact) mass is 531 g/mol. The molecule has 16 heteroatoms. The number of carboxylic acid groups (broad SMARTS) is 1. The van der Waals surface area contributed by atoms with Gasteiger partial charge in [-0.15, -0.1) is 0 Å². The van der Waals surface area contributed by atoms with Crippen molar-refractivity contribution in [3.05, 3.63) is 41.2 Å². The fourth-order valence-corrected chi connectivity index (χ4v) is 2.39. The van der Waals surface area contributed by atoms with Crippen molar-refractivity contribution in [1.29, 1.82) is 0 Å². The Labute approximate surface area is 203 Å². The van der Waals surface area contributed by atoms with Crippen molar-refractivity contribution in [3.8, 4) is 11.3 Å². The Morgan fingerprint density at radius 2 is 1.78 bits per heavy atom. The molecule has 1 aromatic carbocycles. The maximum absolute atomic E-state index is 13.4. The average molecular weight is 531 g/mol. The van der Waals surface area contributed by atoms with Crippen LogP contribution in [0.4, 0.5) is 32.2 Å². The van der Waals surface area contributed by atoms with Crippen molar-refractivity contribution >= 4 is 17.7 Å². The molecule has 0 fully saturated rings. The van der Waals surface area contributed by atoms with E-state index in [0.717, 1.165) is 18.3 Å². The van der Waals surface area contributed by atoms with E-state index in [1.807, 2.05) is 0 Å². The SMILES string of the molecule is O=C(O)C(F)(F)F.[2H]C([2H])([2H])c1ccc([C@](O)(CO)C(F)(F)F)cc1-c1cnc(N)c(C(=O)N[C@@H](C)CO)n1. The van der Waals surface area contributed by atoms with Gasteiger partial charge in [-0.2, -0.15) is 26.3 Å². The number of carboxylic acids is 1. The number of aromatic nitrogens is 2. The molecule has 0 aliphatic carbocycles. The van der Waals surface area contributed by atoms with E-state index in [4.69, 9.17) is 24.9 Å². The molecule has 0 radical (unpaired) electrons. The minimum atomic E-state index is -5.28. The van der Waals surface area contributed by atoms with Gasteiger partial charge in [-0.05, 0) is 31.0 Å². The highest BCUT2D eigenvalue weighted by molar-refractivity contribution is 5.97. The van der Waals surface area contributed by atoms with Crippen LogP contribution in [0.3, 0.4) is 0 Å². The number of halogens is 6. The van der Waals surface area contributed by atoms with Gasteiger partial charge in [0.15, 0.2) is 11.5 Å². The molecule has 0 spiro atoms. The van der Waals surface area contributed by atoms with E-state index in [9.17, 15) is 41.4 Å². The van der Waals surface area contributed by atoms with Gasteiger partial charge in [0.25, 0.3) is 5.91 Å². The topological polar surface area (TPSA) is 179 Å². The number of anilines is 1. The van der Waals surface area contributed by atoms with Crippen LogP contribution < -0.4 is 11.1 Å². The number of aliphatic hydroxyl groups is 3. The minimum absolute atomic E-state index is 0.309. The van der Waals surface area contributed by atoms with Gasteiger partial charge in [-0.25, -0.2) is 14.8 Å². The molecule has 0 saturated heterocycles. The number of nitrogens with zero attached hydrogens (tertiary/aromatic N) is 2. The maximum atomic E-state index is 13.4. The average Bonchev–Trinajstić information content (AvgIpc) is 2.81. The number of hydrogen-bond donors (Lipinski definition) is 6. The predicted octanol–water partition coefficient (Wildman–Crippen LogP) is 1.52. The van der Waals surface area contributed by atoms with Gasteiger partial charge in [0, 0.05) is 15.7 Å². The third-order valence-electron chi connectivity index (χ3n) is 4.38. The molecular formula is C20H22F6N4O6. The largest absolute Gasteiger partial charge is 0.490 e. The summed E-state index contributed by atoms with van der Waals surface area (Å²) in [4.78, 5) is 29.0. The normalized spacial score (nSPS) is 15.8. The van der Waals surface area contributed by atoms with Gasteiger partial charge in [-0.1, -0.05) is 12.1 Å². The first kappa shape index (κ1) is 25.6. The number of aliphatic carboxylic acids is 1. The molecule has 1 aromatic heterocycles. The summed E-state index contributed by atoms with van der Waals surface area (Å²) in [6, 6.07) is 1.61. The predicted molar refractivity (Wildman–Crippen MR) is 111 cm³/mol. The van der Waals surface area contributed by atoms with Crippen LogP contribution in [0.5, 0.6) is 0 Å². The molecular weight excluding hydrogens is 506 g/mol. The van der Waals surface area contributed by atoms with Gasteiger partial charge in [0.05, 0.1) is 25.1 Å². The van der Waals surface area contributed by atoms with Crippen LogP contribution in [0, 0.1) is 6.85 Å². The summed E-state index contributed by atoms with van der Waals surface area (Å²) in [5.74, 6) is -3.95. The summed E-state index contributed by atoms with van der Waals surface area (Å²) in [6.07, 6.45) is -9.40. The van der Waals surface area contributed by atoms with E-state index >= 15 is 0 Å². The molecule has 0 unspecified atom stereocenters. The summed E-state index contributed by atoms with van der Waals surface area (Å²) in [5.41, 5.74) is -0.422. The van der Waals surface area contributed by atoms with Gasteiger partial charge in [0.2, 0.25) is 5.60 Å². The quantitative estimate of drug-likeness (QED) is 0.302. The molecule has 200 valence electrons. The standard InChI is InChI=1S/C18H21F3N4O4.C2HF3O2/c1-9-3-4-11(17(29,8-27)18(19,20)21)5-12(9)13-6-23-15(22)14(25-13)16(28)24-10(2)7-26;3-2(4,5)1(6)7/h3-6,10,26-27,29H,7-8H2,1-2H3,(H2,22,23)(H,24,28);(H,6,7)/t10-,17+;/m0./s1/i1D3;. The second-order valence-corrected chi connectivity index (χ2v) is 7.13. The molecule has 0 saturated carbocycles. The molecule has 2 rings (SSSR count). The fraction of sp³-hybridized carbons (Fsp3) is 0.400. The van der Waals surface area contributed by atoms with Crippen molar-refractivity contribution in [3.63, 3.8) is 0 Å². The Morgan fingerprint density at radius 1 is 1.19 bits per heavy atom. The van der Waals surface area contributed by atoms with E-state index < -0.39 is 72.8 Å². The molecule has 0 bridgehead atoms. The molecule has 0 aliphatic rings. The van der Waals surface area contributed by atoms with Gasteiger partial charge in [-0.3, -0.25) is 4.79 Å². The minimum Gasteiger partial charge on any atom is -0.475 e. The number of carbonyl (C=O) groups is 2. The molecule has 10 nitrogen and oxygen atoms in total. The number of rotatable bonds is 6. The number of aliphatic hydroxyl groups excluding tert-OH is 2. The first-order valence-electron chi connectivity index (χ1n) is 11.0. The van der Waals surface area contributed by atoms with Gasteiger partial charge in [0.1, 0.15) is 0 Å². The zero-order valence-corrected chi connectivity index (χ0v) is 18.1. The second kappa shape index (κ2) is 11.5. The summed E-state index contributed by atoms with van der Waals surface area (Å²) in [5, 5.41) is 37.8. The number of carbonyl (C=O) groups excluding carboxylic acids is 1. The van der Waals surface area contributed by atoms with E-state index in [2.05, 4.69) is 15.3 Å². The fourth-order valence-electron chi connectivity index (χ4n) is 2.39. The number of nitrogens with two attached hydrogens (primary N) is 1. The van der Waals surface area contributed by atoms with Gasteiger partial charge >= 0.3 is 18.3 Å². The van der Waals surface area contributed by atoms with Crippen molar-refractivity contribution < 1.29 is 60.5 Å². The number of aryl methyl sites for hydroxylation is 1. The summed E-state index contributed by atoms with van der Waals surface area (Å²) < 4.78 is 95.0. The van der Waals surface area contributed by atoms with E-state index in [-0.39, 0.29) is 17.1 Å². The molecule has 2 atom stereocenters. The van der Waals surface area contributed by atoms with Crippen LogP contribution in [-0.2, 0) is 10.4 Å². The highest BCUT2D eigenvalue weighted by Crippen LogP contribution is 2.40. The van der Waals surface area contributed by atoms with E-state index in [1.54, 1.807) is 0 Å². The number of nitrogens with one attached hydrogen (secondary N) is 1. The first-order chi connectivity index (χ1) is 17.6. The smallest absolute Gasteiger partial charge is 0.475 e. The highest BCUT2D eigenvalue weighted by atomic mass is 19.4. The van der Waals surface area contributed by atoms with E-state index in [0.29, 0.717) is 6.07 Å². The Kier molecular flexibility index (Phi) is 8.17. The van der Waals surface area contributed by atoms with Crippen LogP contribution in [0.25, 0.3) is 11.3 Å². The maximum Gasteiger partial charge on any atom is 0.490 e. The molecule has 0 aliphatic heterocycles. The number of benzene rings is 1. The Balaban J connectivity index is 0.000000956. The lowest BCUT2D eigenvalue weighted by atomic mass is 9.90. The Morgan fingerprint density at radius 3 is 2.22 bits per heavy atom. The van der Waals surface area contributed by atoms with Gasteiger partial charge < -0.3 is 31.5 Å². The Bertz CT molecular complexity index is 1200. The van der Waals surface area contributed by atoms with Crippen LogP contribution in [0.15, 0.2) is 24.4 Å². The summed E-state index contributed by atoms with van der Waals surface area (Å²) >= 11 is 0. The third kappa shape index (κ3) is 7.25. The van der Waals surface area contributed by atoms with E-state index in [1.165, 1.54) is 6.92 Å². The molecule has 2 aromatic rings. The number of hydrogen-bond acceptors (Lipinski definition) is 8. The third-order valence-corrected chi connectivity index (χ3v) is 4.38. The zero-order valence-electron chi connectivity index (χ0n) is 21.1. The number of amides is 1. The van der Waals surface area contributed by atoms with Crippen LogP contribution in [0.2, 0.25) is 0 Å². The first-order valence-corrected chi connectivity index (χ1v) is 9.49. The molecule has 36 heavy (non-hydrogen) atoms. The van der Waals surface area contributed by atoms with Crippen LogP contribution in [-0.4, -0.2) is 73.9 Å². The zero-order chi connectivity index (χ0) is 30.6. The molecule has 1 heterocycles. The van der Waals surface area contributed by atoms with Crippen molar-refractivity contribution in [2.24, 2.45) is 0 Å². The van der Waals surface area contributed by atoms with Crippen molar-refractivity contribution in [1.82, 2.24) is 15.3 Å². The Hall–Kier alpha value is -3.50. The highest BCUT2D eigenvalue weighted by Gasteiger charge is 2.54. The second-order valence-electron chi connectivity index (χ2n) is 7.13. The van der Waals surface area contributed by atoms with Crippen molar-refractivity contribution in [2.45, 2.75) is 37.8 Å². The van der Waals surface area contributed by atoms with Crippen molar-refractivity contribution in [2.75, 3.05) is 18.9 Å². The lowest BCUT2D eigenvalue weighted by molar-refractivity contribution is -0.277. The molecule has 1 amide bonds. The summed E-state index contributed by atoms with van der Waals surface area (Å²) in [6.45, 7) is -3.45.